The fourth-order valence-electron chi connectivity index (χ4n) is 5.49. The highest BCUT2D eigenvalue weighted by Crippen LogP contribution is 2.50. The Bertz CT molecular complexity index is 500. The highest BCUT2D eigenvalue weighted by molar-refractivity contribution is 5.20. The van der Waals surface area contributed by atoms with E-state index in [-0.39, 0.29) is 0 Å². The molecule has 2 heteroatoms. The monoisotopic (exact) mass is 284 g/mol. The molecule has 1 N–H and O–H groups in total. The molecule has 0 aromatic heterocycles. The molecule has 3 fully saturated rings. The van der Waals surface area contributed by atoms with Gasteiger partial charge in [-0.15, -0.1) is 0 Å². The molecule has 0 radical (unpaired) electrons. The van der Waals surface area contributed by atoms with Gasteiger partial charge in [-0.25, -0.2) is 0 Å². The van der Waals surface area contributed by atoms with Crippen LogP contribution in [-0.2, 0) is 6.42 Å². The molecule has 0 amide bonds. The summed E-state index contributed by atoms with van der Waals surface area (Å²) in [5, 5.41) is 4.02. The fourth-order valence-corrected chi connectivity index (χ4v) is 5.49. The third kappa shape index (κ3) is 2.15. The van der Waals surface area contributed by atoms with Crippen molar-refractivity contribution in [2.45, 2.75) is 69.6 Å². The first-order valence-electron chi connectivity index (χ1n) is 8.70. The molecule has 2 aliphatic heterocycles. The van der Waals surface area contributed by atoms with Gasteiger partial charge < -0.3 is 5.32 Å². The SMILES string of the molecule is CN1[C@@H](Cc2ccccc2)[C@@H]2C[C@@]3(C)[C@H](CCCC[C@@H]13)N2. The predicted octanol–water partition coefficient (Wildman–Crippen LogP) is 3.22. The average molecular weight is 284 g/mol. The standard InChI is InChI=1S/C19H28N2/c1-19-13-15-16(12-14-8-4-3-5-9-14)21(2)18(19)11-7-6-10-17(19)20-15/h3-5,8-9,15-18,20H,6-7,10-13H2,1-2H3/t15-,16-,17-,18+,19-/m0/s1. The van der Waals surface area contributed by atoms with Crippen LogP contribution in [0, 0.1) is 5.41 Å². The van der Waals surface area contributed by atoms with Gasteiger partial charge in [0, 0.05) is 24.2 Å². The van der Waals surface area contributed by atoms with Crippen LogP contribution in [0.3, 0.4) is 0 Å². The zero-order chi connectivity index (χ0) is 14.4. The van der Waals surface area contributed by atoms with E-state index in [0.717, 1.165) is 12.1 Å². The molecule has 2 saturated heterocycles. The number of nitrogens with zero attached hydrogens (tertiary/aromatic N) is 1. The molecule has 2 bridgehead atoms. The van der Waals surface area contributed by atoms with Crippen molar-refractivity contribution in [2.24, 2.45) is 5.41 Å². The second kappa shape index (κ2) is 5.10. The quantitative estimate of drug-likeness (QED) is 0.897. The Balaban J connectivity index is 1.62. The van der Waals surface area contributed by atoms with Gasteiger partial charge in [0.15, 0.2) is 0 Å². The molecule has 1 saturated carbocycles. The second-order valence-corrected chi connectivity index (χ2v) is 7.76. The largest absolute Gasteiger partial charge is 0.309 e. The van der Waals surface area contributed by atoms with E-state index in [0.29, 0.717) is 17.5 Å². The van der Waals surface area contributed by atoms with Gasteiger partial charge in [-0.1, -0.05) is 50.1 Å². The topological polar surface area (TPSA) is 15.3 Å². The van der Waals surface area contributed by atoms with Crippen molar-refractivity contribution in [2.75, 3.05) is 7.05 Å². The van der Waals surface area contributed by atoms with Gasteiger partial charge in [0.05, 0.1) is 0 Å². The van der Waals surface area contributed by atoms with Gasteiger partial charge in [0.2, 0.25) is 0 Å². The molecule has 0 unspecified atom stereocenters. The minimum absolute atomic E-state index is 0.503. The maximum absolute atomic E-state index is 4.02. The van der Waals surface area contributed by atoms with Crippen molar-refractivity contribution in [1.29, 1.82) is 0 Å². The normalized spacial score (nSPS) is 42.8. The Morgan fingerprint density at radius 1 is 1.19 bits per heavy atom. The molecule has 3 aliphatic rings. The Morgan fingerprint density at radius 3 is 2.76 bits per heavy atom. The summed E-state index contributed by atoms with van der Waals surface area (Å²) in [6.45, 7) is 2.55. The smallest absolute Gasteiger partial charge is 0.0290 e. The molecule has 0 spiro atoms. The van der Waals surface area contributed by atoms with Crippen LogP contribution in [0.15, 0.2) is 30.3 Å². The third-order valence-corrected chi connectivity index (χ3v) is 6.62. The van der Waals surface area contributed by atoms with Crippen LogP contribution in [0.1, 0.15) is 44.6 Å². The summed E-state index contributed by atoms with van der Waals surface area (Å²) < 4.78 is 0. The van der Waals surface area contributed by atoms with E-state index in [1.165, 1.54) is 44.1 Å². The Hall–Kier alpha value is -0.860. The number of hydrogen-bond donors (Lipinski definition) is 1. The van der Waals surface area contributed by atoms with Crippen LogP contribution in [0.5, 0.6) is 0 Å². The average Bonchev–Trinajstić information content (AvgIpc) is 2.69. The van der Waals surface area contributed by atoms with Gasteiger partial charge in [-0.05, 0) is 43.7 Å². The zero-order valence-electron chi connectivity index (χ0n) is 13.4. The van der Waals surface area contributed by atoms with Gasteiger partial charge in [-0.3, -0.25) is 4.90 Å². The van der Waals surface area contributed by atoms with Gasteiger partial charge in [0.1, 0.15) is 0 Å². The number of nitrogens with one attached hydrogen (secondary N) is 1. The molecule has 5 atom stereocenters. The van der Waals surface area contributed by atoms with Crippen LogP contribution in [-0.4, -0.2) is 36.1 Å². The van der Waals surface area contributed by atoms with Crippen LogP contribution in [0.25, 0.3) is 0 Å². The van der Waals surface area contributed by atoms with Crippen LogP contribution in [0.2, 0.25) is 0 Å². The van der Waals surface area contributed by atoms with Crippen molar-refractivity contribution in [3.63, 3.8) is 0 Å². The van der Waals surface area contributed by atoms with Crippen molar-refractivity contribution in [3.05, 3.63) is 35.9 Å². The van der Waals surface area contributed by atoms with E-state index < -0.39 is 0 Å². The summed E-state index contributed by atoms with van der Waals surface area (Å²) in [7, 11) is 2.39. The molecule has 21 heavy (non-hydrogen) atoms. The number of benzene rings is 1. The Labute approximate surface area is 128 Å². The van der Waals surface area contributed by atoms with Crippen molar-refractivity contribution >= 4 is 0 Å². The lowest BCUT2D eigenvalue weighted by Gasteiger charge is -2.49. The van der Waals surface area contributed by atoms with E-state index in [9.17, 15) is 0 Å². The van der Waals surface area contributed by atoms with Crippen molar-refractivity contribution in [1.82, 2.24) is 10.2 Å². The maximum atomic E-state index is 4.02. The fraction of sp³-hybridized carbons (Fsp3) is 0.684. The van der Waals surface area contributed by atoms with Gasteiger partial charge >= 0.3 is 0 Å². The first kappa shape index (κ1) is 13.8. The van der Waals surface area contributed by atoms with Crippen LogP contribution < -0.4 is 5.32 Å². The Morgan fingerprint density at radius 2 is 1.95 bits per heavy atom. The molecule has 2 heterocycles. The van der Waals surface area contributed by atoms with Crippen LogP contribution >= 0.6 is 0 Å². The summed E-state index contributed by atoms with van der Waals surface area (Å²) in [6.07, 6.45) is 8.16. The van der Waals surface area contributed by atoms with E-state index in [1.54, 1.807) is 0 Å². The first-order chi connectivity index (χ1) is 10.2. The van der Waals surface area contributed by atoms with Gasteiger partial charge in [-0.2, -0.15) is 0 Å². The minimum Gasteiger partial charge on any atom is -0.309 e. The molecule has 4 rings (SSSR count). The summed E-state index contributed by atoms with van der Waals surface area (Å²) in [4.78, 5) is 2.74. The molecule has 1 aromatic rings. The molecular formula is C19H28N2. The molecule has 1 aliphatic carbocycles. The zero-order valence-corrected chi connectivity index (χ0v) is 13.4. The maximum Gasteiger partial charge on any atom is 0.0290 e. The van der Waals surface area contributed by atoms with Crippen LogP contribution in [0.4, 0.5) is 0 Å². The lowest BCUT2D eigenvalue weighted by molar-refractivity contribution is 0.0175. The summed E-state index contributed by atoms with van der Waals surface area (Å²) in [6, 6.07) is 13.9. The molecule has 1 aromatic carbocycles. The molecule has 114 valence electrons. The predicted molar refractivity (Wildman–Crippen MR) is 87.4 cm³/mol. The summed E-state index contributed by atoms with van der Waals surface area (Å²) in [5.41, 5.74) is 1.99. The highest BCUT2D eigenvalue weighted by atomic mass is 15.3. The lowest BCUT2D eigenvalue weighted by Crippen LogP contribution is -2.57. The molecule has 2 nitrogen and oxygen atoms in total. The van der Waals surface area contributed by atoms with Crippen molar-refractivity contribution in [3.8, 4) is 0 Å². The van der Waals surface area contributed by atoms with Gasteiger partial charge in [0.25, 0.3) is 0 Å². The minimum atomic E-state index is 0.503. The third-order valence-electron chi connectivity index (χ3n) is 6.62. The van der Waals surface area contributed by atoms with E-state index in [1.807, 2.05) is 0 Å². The highest BCUT2D eigenvalue weighted by Gasteiger charge is 2.56. The second-order valence-electron chi connectivity index (χ2n) is 7.76. The lowest BCUT2D eigenvalue weighted by atomic mass is 9.69. The summed E-state index contributed by atoms with van der Waals surface area (Å²) in [5.74, 6) is 0. The number of likely N-dealkylation sites (tertiary alicyclic amines) is 1. The number of hydrogen-bond acceptors (Lipinski definition) is 2. The number of fused-ring (bicyclic) bond motifs is 1. The first-order valence-corrected chi connectivity index (χ1v) is 8.70. The number of rotatable bonds is 2. The van der Waals surface area contributed by atoms with E-state index >= 15 is 0 Å². The number of piperidine rings is 1. The Kier molecular flexibility index (Phi) is 3.35. The van der Waals surface area contributed by atoms with E-state index in [4.69, 9.17) is 0 Å². The molecular weight excluding hydrogens is 256 g/mol. The van der Waals surface area contributed by atoms with E-state index in [2.05, 4.69) is 54.5 Å². The summed E-state index contributed by atoms with van der Waals surface area (Å²) >= 11 is 0. The number of likely N-dealkylation sites (N-methyl/N-ethyl adjacent to an activating group) is 1. The van der Waals surface area contributed by atoms with Crippen molar-refractivity contribution < 1.29 is 0 Å².